The Morgan fingerprint density at radius 3 is 1.36 bits per heavy atom. The average Bonchev–Trinajstić information content (AvgIpc) is 3.89. The van der Waals surface area contributed by atoms with E-state index in [0.717, 1.165) is 44.7 Å². The minimum absolute atomic E-state index is 0.909. The Morgan fingerprint density at radius 2 is 0.770 bits per heavy atom. The molecule has 0 unspecified atom stereocenters. The van der Waals surface area contributed by atoms with Gasteiger partial charge in [-0.15, -0.1) is 0 Å². The van der Waals surface area contributed by atoms with Crippen LogP contribution in [0.3, 0.4) is 0 Å². The molecule has 0 amide bonds. The second-order valence-corrected chi connectivity index (χ2v) is 15.7. The largest absolute Gasteiger partial charge is 0.456 e. The molecule has 0 aliphatic rings. The number of rotatable bonds is 7. The zero-order valence-electron chi connectivity index (χ0n) is 33.2. The minimum Gasteiger partial charge on any atom is -0.456 e. The number of hydrogen-bond acceptors (Lipinski definition) is 2. The summed E-state index contributed by atoms with van der Waals surface area (Å²) in [5.41, 5.74) is 15.8. The zero-order valence-corrected chi connectivity index (χ0v) is 33.2. The first-order valence-electron chi connectivity index (χ1n) is 20.8. The second kappa shape index (κ2) is 14.3. The molecule has 0 aliphatic carbocycles. The number of hydrogen-bond donors (Lipinski definition) is 0. The van der Waals surface area contributed by atoms with Gasteiger partial charge in [0.25, 0.3) is 0 Å². The number of fused-ring (bicyclic) bond motifs is 8. The van der Waals surface area contributed by atoms with Crippen LogP contribution in [0.4, 0.5) is 17.1 Å². The molecule has 0 radical (unpaired) electrons. The lowest BCUT2D eigenvalue weighted by Crippen LogP contribution is -2.09. The summed E-state index contributed by atoms with van der Waals surface area (Å²) in [4.78, 5) is 2.35. The van der Waals surface area contributed by atoms with E-state index in [1.807, 2.05) is 12.1 Å². The van der Waals surface area contributed by atoms with E-state index in [-0.39, 0.29) is 0 Å². The van der Waals surface area contributed by atoms with Crippen molar-refractivity contribution in [2.24, 2.45) is 0 Å². The van der Waals surface area contributed by atoms with Gasteiger partial charge in [-0.25, -0.2) is 0 Å². The van der Waals surface area contributed by atoms with E-state index in [1.54, 1.807) is 0 Å². The van der Waals surface area contributed by atoms with Gasteiger partial charge in [-0.3, -0.25) is 0 Å². The Balaban J connectivity index is 0.866. The highest BCUT2D eigenvalue weighted by atomic mass is 16.3. The fraction of sp³-hybridized carbons (Fsp3) is 0. The fourth-order valence-corrected chi connectivity index (χ4v) is 9.22. The molecule has 0 saturated carbocycles. The number of furan rings is 1. The van der Waals surface area contributed by atoms with Gasteiger partial charge in [0.05, 0.1) is 11.0 Å². The van der Waals surface area contributed by atoms with Crippen LogP contribution in [0.15, 0.2) is 235 Å². The third-order valence-electron chi connectivity index (χ3n) is 12.2. The van der Waals surface area contributed by atoms with E-state index in [9.17, 15) is 0 Å². The molecule has 0 N–H and O–H groups in total. The van der Waals surface area contributed by atoms with Crippen LogP contribution in [0.25, 0.3) is 93.6 Å². The molecule has 12 aromatic rings. The van der Waals surface area contributed by atoms with E-state index < -0.39 is 0 Å². The van der Waals surface area contributed by atoms with Gasteiger partial charge in [0.2, 0.25) is 0 Å². The Bertz CT molecular complexity index is 3490. The molecule has 0 spiro atoms. The molecule has 286 valence electrons. The maximum absolute atomic E-state index is 6.23. The molecular weight excluding hydrogens is 741 g/mol. The van der Waals surface area contributed by atoms with Crippen LogP contribution >= 0.6 is 0 Å². The van der Waals surface area contributed by atoms with Crippen molar-refractivity contribution in [3.05, 3.63) is 231 Å². The summed E-state index contributed by atoms with van der Waals surface area (Å²) < 4.78 is 8.59. The summed E-state index contributed by atoms with van der Waals surface area (Å²) >= 11 is 0. The molecule has 0 saturated heterocycles. The van der Waals surface area contributed by atoms with Crippen molar-refractivity contribution in [3.63, 3.8) is 0 Å². The normalized spacial score (nSPS) is 11.6. The predicted molar refractivity (Wildman–Crippen MR) is 257 cm³/mol. The fourth-order valence-electron chi connectivity index (χ4n) is 9.22. The average molecular weight is 779 g/mol. The maximum Gasteiger partial charge on any atom is 0.136 e. The van der Waals surface area contributed by atoms with Crippen LogP contribution in [0.1, 0.15) is 0 Å². The van der Waals surface area contributed by atoms with Crippen LogP contribution in [0.2, 0.25) is 0 Å². The highest BCUT2D eigenvalue weighted by molar-refractivity contribution is 6.19. The number of anilines is 3. The molecule has 0 atom stereocenters. The number of benzene rings is 10. The van der Waals surface area contributed by atoms with Crippen molar-refractivity contribution in [3.8, 4) is 39.1 Å². The van der Waals surface area contributed by atoms with Crippen molar-refractivity contribution < 1.29 is 4.42 Å². The SMILES string of the molecule is c1ccc(-c2ccc(N(c3ccc(-c4ccc(-c5ccc(-n6c7ccccc7c7ccccc76)cc5)cc4)cc3)c3ccc4c(ccc5oc6ccccc6c54)c3)cc2)cc1. The van der Waals surface area contributed by atoms with Crippen molar-refractivity contribution in [1.29, 1.82) is 0 Å². The molecule has 3 nitrogen and oxygen atoms in total. The van der Waals surface area contributed by atoms with Gasteiger partial charge in [0.15, 0.2) is 0 Å². The van der Waals surface area contributed by atoms with E-state index >= 15 is 0 Å². The van der Waals surface area contributed by atoms with Gasteiger partial charge >= 0.3 is 0 Å². The van der Waals surface area contributed by atoms with Crippen molar-refractivity contribution >= 4 is 71.6 Å². The lowest BCUT2D eigenvalue weighted by Gasteiger charge is -2.26. The monoisotopic (exact) mass is 778 g/mol. The van der Waals surface area contributed by atoms with E-state index in [0.29, 0.717) is 0 Å². The number of para-hydroxylation sites is 3. The molecule has 2 heterocycles. The highest BCUT2D eigenvalue weighted by Crippen LogP contribution is 2.41. The van der Waals surface area contributed by atoms with Gasteiger partial charge in [0.1, 0.15) is 11.2 Å². The Kier molecular flexibility index (Phi) is 8.17. The van der Waals surface area contributed by atoms with Gasteiger partial charge in [-0.05, 0) is 117 Å². The number of nitrogens with zero attached hydrogens (tertiary/aromatic N) is 2. The quantitative estimate of drug-likeness (QED) is 0.161. The van der Waals surface area contributed by atoms with Crippen molar-refractivity contribution in [1.82, 2.24) is 4.57 Å². The summed E-state index contributed by atoms with van der Waals surface area (Å²) in [6, 6.07) is 82.9. The minimum atomic E-state index is 0.909. The molecule has 0 bridgehead atoms. The van der Waals surface area contributed by atoms with E-state index in [1.165, 1.54) is 66.0 Å². The van der Waals surface area contributed by atoms with Gasteiger partial charge in [-0.1, -0.05) is 158 Å². The van der Waals surface area contributed by atoms with Crippen LogP contribution in [0.5, 0.6) is 0 Å². The maximum atomic E-state index is 6.23. The highest BCUT2D eigenvalue weighted by Gasteiger charge is 2.17. The Hall–Kier alpha value is -8.14. The van der Waals surface area contributed by atoms with Crippen LogP contribution < -0.4 is 4.90 Å². The van der Waals surface area contributed by atoms with E-state index in [2.05, 4.69) is 228 Å². The zero-order chi connectivity index (χ0) is 40.3. The second-order valence-electron chi connectivity index (χ2n) is 15.7. The molecule has 0 fully saturated rings. The molecule has 10 aromatic carbocycles. The lowest BCUT2D eigenvalue weighted by molar-refractivity contribution is 0.669. The van der Waals surface area contributed by atoms with Gasteiger partial charge in [-0.2, -0.15) is 0 Å². The number of aromatic nitrogens is 1. The van der Waals surface area contributed by atoms with Gasteiger partial charge in [0, 0.05) is 44.3 Å². The van der Waals surface area contributed by atoms with Crippen LogP contribution in [0, 0.1) is 0 Å². The van der Waals surface area contributed by atoms with Crippen molar-refractivity contribution in [2.45, 2.75) is 0 Å². The molecule has 0 aliphatic heterocycles. The molecule has 12 rings (SSSR count). The molecule has 61 heavy (non-hydrogen) atoms. The predicted octanol–water partition coefficient (Wildman–Crippen LogP) is 16.3. The van der Waals surface area contributed by atoms with E-state index in [4.69, 9.17) is 4.42 Å². The Morgan fingerprint density at radius 1 is 0.311 bits per heavy atom. The summed E-state index contributed by atoms with van der Waals surface area (Å²) in [6.45, 7) is 0. The summed E-state index contributed by atoms with van der Waals surface area (Å²) in [6.07, 6.45) is 0. The first-order chi connectivity index (χ1) is 30.2. The van der Waals surface area contributed by atoms with Gasteiger partial charge < -0.3 is 13.9 Å². The Labute approximate surface area is 353 Å². The summed E-state index contributed by atoms with van der Waals surface area (Å²) in [5, 5.41) is 7.19. The first kappa shape index (κ1) is 34.9. The molecule has 2 aromatic heterocycles. The molecular formula is C58H38N2O. The first-order valence-corrected chi connectivity index (χ1v) is 20.8. The lowest BCUT2D eigenvalue weighted by atomic mass is 9.99. The topological polar surface area (TPSA) is 21.3 Å². The smallest absolute Gasteiger partial charge is 0.136 e. The standard InChI is InChI=1S/C58H38N2O/c1-2-10-39(11-3-1)42-22-29-46(30-23-42)59(49-35-36-50-45(38-49)28-37-57-58(50)53-14-6-9-17-56(53)61-57)47-31-24-43(25-32-47)40-18-20-41(21-19-40)44-26-33-48(34-27-44)60-54-15-7-4-12-51(54)52-13-5-8-16-55(52)60/h1-38H. The van der Waals surface area contributed by atoms with Crippen LogP contribution in [-0.4, -0.2) is 4.57 Å². The third-order valence-corrected chi connectivity index (χ3v) is 12.2. The summed E-state index contributed by atoms with van der Waals surface area (Å²) in [5.74, 6) is 0. The third kappa shape index (κ3) is 5.98. The summed E-state index contributed by atoms with van der Waals surface area (Å²) in [7, 11) is 0. The van der Waals surface area contributed by atoms with Crippen molar-refractivity contribution in [2.75, 3.05) is 4.90 Å². The van der Waals surface area contributed by atoms with Crippen LogP contribution in [-0.2, 0) is 0 Å². The molecule has 3 heteroatoms.